The SMILES string of the molecule is Cc1cccc(NC(=O)N2CC[C@]3(C[C@H]3C(=O)NCc3cccnc3)C2)c1. The number of nitrogens with zero attached hydrogens (tertiary/aromatic N) is 2. The van der Waals surface area contributed by atoms with E-state index >= 15 is 0 Å². The van der Waals surface area contributed by atoms with Gasteiger partial charge in [-0.25, -0.2) is 4.79 Å². The van der Waals surface area contributed by atoms with Crippen LogP contribution >= 0.6 is 0 Å². The summed E-state index contributed by atoms with van der Waals surface area (Å²) in [6.45, 7) is 3.84. The zero-order valence-electron chi connectivity index (χ0n) is 15.4. The van der Waals surface area contributed by atoms with Gasteiger partial charge >= 0.3 is 6.03 Å². The summed E-state index contributed by atoms with van der Waals surface area (Å²) >= 11 is 0. The molecule has 0 radical (unpaired) electrons. The Hall–Kier alpha value is -2.89. The van der Waals surface area contributed by atoms with Gasteiger partial charge in [-0.2, -0.15) is 0 Å². The van der Waals surface area contributed by atoms with Gasteiger partial charge in [0.25, 0.3) is 0 Å². The second-order valence-electron chi connectivity index (χ2n) is 7.67. The number of anilines is 1. The highest BCUT2D eigenvalue weighted by Crippen LogP contribution is 2.58. The van der Waals surface area contributed by atoms with E-state index in [-0.39, 0.29) is 23.3 Å². The van der Waals surface area contributed by atoms with Crippen molar-refractivity contribution < 1.29 is 9.59 Å². The fourth-order valence-corrected chi connectivity index (χ4v) is 3.98. The summed E-state index contributed by atoms with van der Waals surface area (Å²) in [7, 11) is 0. The minimum atomic E-state index is -0.0844. The Morgan fingerprint density at radius 2 is 2.19 bits per heavy atom. The summed E-state index contributed by atoms with van der Waals surface area (Å²) in [5.41, 5.74) is 2.87. The molecule has 1 spiro atoms. The van der Waals surface area contributed by atoms with Crippen LogP contribution in [0.5, 0.6) is 0 Å². The van der Waals surface area contributed by atoms with E-state index in [0.29, 0.717) is 19.6 Å². The summed E-state index contributed by atoms with van der Waals surface area (Å²) in [4.78, 5) is 30.9. The molecule has 2 atom stereocenters. The maximum absolute atomic E-state index is 12.5. The number of carbonyl (C=O) groups is 2. The van der Waals surface area contributed by atoms with Crippen LogP contribution in [-0.4, -0.2) is 34.9 Å². The number of likely N-dealkylation sites (tertiary alicyclic amines) is 1. The number of nitrogens with one attached hydrogen (secondary N) is 2. The van der Waals surface area contributed by atoms with Gasteiger partial charge in [0.15, 0.2) is 0 Å². The zero-order chi connectivity index (χ0) is 18.9. The molecule has 1 aliphatic heterocycles. The van der Waals surface area contributed by atoms with Crippen LogP contribution in [0.15, 0.2) is 48.8 Å². The van der Waals surface area contributed by atoms with Gasteiger partial charge in [-0.1, -0.05) is 18.2 Å². The lowest BCUT2D eigenvalue weighted by Gasteiger charge is -2.18. The third-order valence-corrected chi connectivity index (χ3v) is 5.64. The topological polar surface area (TPSA) is 74.3 Å². The Morgan fingerprint density at radius 1 is 1.30 bits per heavy atom. The average molecular weight is 364 g/mol. The number of carbonyl (C=O) groups excluding carboxylic acids is 2. The van der Waals surface area contributed by atoms with E-state index in [9.17, 15) is 9.59 Å². The number of aryl methyl sites for hydroxylation is 1. The Morgan fingerprint density at radius 3 is 2.96 bits per heavy atom. The van der Waals surface area contributed by atoms with Crippen molar-refractivity contribution in [2.45, 2.75) is 26.3 Å². The quantitative estimate of drug-likeness (QED) is 0.876. The highest BCUT2D eigenvalue weighted by atomic mass is 16.2. The van der Waals surface area contributed by atoms with Crippen LogP contribution in [0.1, 0.15) is 24.0 Å². The molecule has 1 aromatic carbocycles. The molecule has 1 saturated carbocycles. The Balaban J connectivity index is 1.29. The van der Waals surface area contributed by atoms with E-state index in [1.807, 2.05) is 48.2 Å². The van der Waals surface area contributed by atoms with Crippen LogP contribution < -0.4 is 10.6 Å². The Kier molecular flexibility index (Phi) is 4.56. The zero-order valence-corrected chi connectivity index (χ0v) is 15.4. The van der Waals surface area contributed by atoms with E-state index in [1.54, 1.807) is 12.4 Å². The van der Waals surface area contributed by atoms with Crippen molar-refractivity contribution in [3.05, 3.63) is 59.9 Å². The summed E-state index contributed by atoms with van der Waals surface area (Å²) in [6.07, 6.45) is 5.23. The molecule has 4 rings (SSSR count). The van der Waals surface area contributed by atoms with Gasteiger partial charge in [0.05, 0.1) is 0 Å². The van der Waals surface area contributed by atoms with Gasteiger partial charge in [-0.15, -0.1) is 0 Å². The monoisotopic (exact) mass is 364 g/mol. The summed E-state index contributed by atoms with van der Waals surface area (Å²) in [5, 5.41) is 5.96. The predicted molar refractivity (Wildman–Crippen MR) is 103 cm³/mol. The third-order valence-electron chi connectivity index (χ3n) is 5.64. The molecule has 3 amide bonds. The molecule has 6 nitrogen and oxygen atoms in total. The van der Waals surface area contributed by atoms with Gasteiger partial charge in [0.1, 0.15) is 0 Å². The molecule has 1 saturated heterocycles. The van der Waals surface area contributed by atoms with Crippen molar-refractivity contribution in [2.75, 3.05) is 18.4 Å². The van der Waals surface area contributed by atoms with E-state index in [0.717, 1.165) is 29.7 Å². The highest BCUT2D eigenvalue weighted by molar-refractivity contribution is 5.90. The molecule has 1 aliphatic carbocycles. The summed E-state index contributed by atoms with van der Waals surface area (Å²) in [6, 6.07) is 11.5. The fourth-order valence-electron chi connectivity index (χ4n) is 3.98. The second kappa shape index (κ2) is 7.02. The number of hydrogen-bond donors (Lipinski definition) is 2. The molecule has 2 aromatic rings. The largest absolute Gasteiger partial charge is 0.352 e. The molecule has 140 valence electrons. The molecule has 1 aromatic heterocycles. The lowest BCUT2D eigenvalue weighted by Crippen LogP contribution is -2.34. The van der Waals surface area contributed by atoms with Crippen LogP contribution in [0.25, 0.3) is 0 Å². The van der Waals surface area contributed by atoms with Crippen LogP contribution in [0.4, 0.5) is 10.5 Å². The van der Waals surface area contributed by atoms with Crippen molar-refractivity contribution in [1.82, 2.24) is 15.2 Å². The van der Waals surface area contributed by atoms with Gasteiger partial charge in [0.2, 0.25) is 5.91 Å². The summed E-state index contributed by atoms with van der Waals surface area (Å²) in [5.74, 6) is 0.0886. The van der Waals surface area contributed by atoms with Gasteiger partial charge in [-0.05, 0) is 49.1 Å². The van der Waals surface area contributed by atoms with Crippen molar-refractivity contribution in [3.63, 3.8) is 0 Å². The number of benzene rings is 1. The standard InChI is InChI=1S/C21H24N4O2/c1-15-4-2-6-17(10-15)24-20(27)25-9-7-21(14-25)11-18(21)19(26)23-13-16-5-3-8-22-12-16/h2-6,8,10,12,18H,7,9,11,13-14H2,1H3,(H,23,26)(H,24,27)/t18-,21-/m0/s1. The second-order valence-corrected chi connectivity index (χ2v) is 7.67. The minimum absolute atomic E-state index is 0.00550. The van der Waals surface area contributed by atoms with E-state index < -0.39 is 0 Å². The fraction of sp³-hybridized carbons (Fsp3) is 0.381. The number of urea groups is 1. The Labute approximate surface area is 159 Å². The maximum atomic E-state index is 12.5. The molecule has 6 heteroatoms. The number of rotatable bonds is 4. The first-order valence-electron chi connectivity index (χ1n) is 9.35. The van der Waals surface area contributed by atoms with Crippen molar-refractivity contribution >= 4 is 17.6 Å². The lowest BCUT2D eigenvalue weighted by atomic mass is 10.0. The van der Waals surface area contributed by atoms with Gasteiger partial charge in [-0.3, -0.25) is 9.78 Å². The molecule has 0 unspecified atom stereocenters. The molecule has 0 bridgehead atoms. The summed E-state index contributed by atoms with van der Waals surface area (Å²) < 4.78 is 0. The molecule has 2 aliphatic rings. The van der Waals surface area contributed by atoms with Crippen molar-refractivity contribution in [2.24, 2.45) is 11.3 Å². The highest BCUT2D eigenvalue weighted by Gasteiger charge is 2.61. The van der Waals surface area contributed by atoms with Gasteiger partial charge < -0.3 is 15.5 Å². The maximum Gasteiger partial charge on any atom is 0.321 e. The number of amides is 3. The van der Waals surface area contributed by atoms with E-state index in [4.69, 9.17) is 0 Å². The van der Waals surface area contributed by atoms with Crippen LogP contribution in [0.3, 0.4) is 0 Å². The van der Waals surface area contributed by atoms with Gasteiger partial charge in [0, 0.05) is 49.0 Å². The van der Waals surface area contributed by atoms with Crippen LogP contribution in [-0.2, 0) is 11.3 Å². The normalized spacial score (nSPS) is 23.3. The molecule has 2 N–H and O–H groups in total. The number of pyridine rings is 1. The number of hydrogen-bond acceptors (Lipinski definition) is 3. The van der Waals surface area contributed by atoms with E-state index in [2.05, 4.69) is 15.6 Å². The third kappa shape index (κ3) is 3.79. The van der Waals surface area contributed by atoms with Crippen LogP contribution in [0, 0.1) is 18.3 Å². The first kappa shape index (κ1) is 17.5. The predicted octanol–water partition coefficient (Wildman–Crippen LogP) is 2.95. The average Bonchev–Trinajstić information content (AvgIpc) is 3.20. The van der Waals surface area contributed by atoms with Crippen LogP contribution in [0.2, 0.25) is 0 Å². The molecular formula is C21H24N4O2. The smallest absolute Gasteiger partial charge is 0.321 e. The Bertz CT molecular complexity index is 854. The first-order valence-corrected chi connectivity index (χ1v) is 9.35. The molecule has 27 heavy (non-hydrogen) atoms. The molecule has 2 heterocycles. The lowest BCUT2D eigenvalue weighted by molar-refractivity contribution is -0.123. The first-order chi connectivity index (χ1) is 13.1. The molecular weight excluding hydrogens is 340 g/mol. The number of aromatic nitrogens is 1. The minimum Gasteiger partial charge on any atom is -0.352 e. The van der Waals surface area contributed by atoms with E-state index in [1.165, 1.54) is 0 Å². The van der Waals surface area contributed by atoms with Crippen molar-refractivity contribution in [3.8, 4) is 0 Å². The van der Waals surface area contributed by atoms with Crippen molar-refractivity contribution in [1.29, 1.82) is 0 Å². The molecule has 2 fully saturated rings.